The molecule has 1 amide bonds. The Hall–Kier alpha value is -1.39. The molecule has 0 radical (unpaired) electrons. The van der Waals surface area contributed by atoms with Gasteiger partial charge in [0.2, 0.25) is 5.91 Å². The molecule has 3 N–H and O–H groups in total. The fourth-order valence-corrected chi connectivity index (χ4v) is 1.74. The van der Waals surface area contributed by atoms with Crippen LogP contribution in [0.4, 0.5) is 0 Å². The lowest BCUT2D eigenvalue weighted by Crippen LogP contribution is -2.39. The minimum atomic E-state index is -1.03. The van der Waals surface area contributed by atoms with Crippen molar-refractivity contribution in [2.45, 2.75) is 32.4 Å². The van der Waals surface area contributed by atoms with Gasteiger partial charge in [-0.2, -0.15) is 0 Å². The lowest BCUT2D eigenvalue weighted by atomic mass is 10.0. The number of benzene rings is 1. The van der Waals surface area contributed by atoms with Gasteiger partial charge in [0.25, 0.3) is 0 Å². The number of aliphatic hydroxyl groups is 2. The summed E-state index contributed by atoms with van der Waals surface area (Å²) >= 11 is 0. The zero-order valence-corrected chi connectivity index (χ0v) is 10.8. The highest BCUT2D eigenvalue weighted by Gasteiger charge is 2.20. The summed E-state index contributed by atoms with van der Waals surface area (Å²) in [6, 6.07) is 8.74. The Bertz CT molecular complexity index is 365. The Morgan fingerprint density at radius 1 is 1.28 bits per heavy atom. The highest BCUT2D eigenvalue weighted by atomic mass is 16.3. The van der Waals surface area contributed by atoms with E-state index in [1.807, 2.05) is 44.2 Å². The zero-order chi connectivity index (χ0) is 13.5. The molecule has 2 atom stereocenters. The third-order valence-corrected chi connectivity index (χ3v) is 2.70. The summed E-state index contributed by atoms with van der Waals surface area (Å²) in [5.41, 5.74) is 0.824. The minimum absolute atomic E-state index is 0.190. The van der Waals surface area contributed by atoms with Gasteiger partial charge in [0.1, 0.15) is 6.10 Å². The number of rotatable bonds is 6. The van der Waals surface area contributed by atoms with Crippen LogP contribution >= 0.6 is 0 Å². The molecule has 4 nitrogen and oxygen atoms in total. The molecule has 0 aromatic heterocycles. The Labute approximate surface area is 108 Å². The van der Waals surface area contributed by atoms with Crippen molar-refractivity contribution in [1.29, 1.82) is 0 Å². The van der Waals surface area contributed by atoms with E-state index in [1.165, 1.54) is 0 Å². The molecule has 0 saturated heterocycles. The van der Waals surface area contributed by atoms with Crippen molar-refractivity contribution in [1.82, 2.24) is 5.32 Å². The van der Waals surface area contributed by atoms with Crippen LogP contribution in [-0.2, 0) is 4.79 Å². The standard InChI is InChI=1S/C14H21NO3/c1-10(2)8-13(17)14(18)15-12(9-16)11-6-4-3-5-7-11/h3-7,10,12-13,16-17H,8-9H2,1-2H3,(H,15,18)/t12-,13-/m0/s1. The molecule has 0 heterocycles. The molecule has 0 spiro atoms. The number of hydrogen-bond acceptors (Lipinski definition) is 3. The lowest BCUT2D eigenvalue weighted by Gasteiger charge is -2.19. The summed E-state index contributed by atoms with van der Waals surface area (Å²) in [7, 11) is 0. The van der Waals surface area contributed by atoms with Crippen molar-refractivity contribution < 1.29 is 15.0 Å². The van der Waals surface area contributed by atoms with Crippen molar-refractivity contribution in [2.24, 2.45) is 5.92 Å². The van der Waals surface area contributed by atoms with Gasteiger partial charge in [0.15, 0.2) is 0 Å². The second kappa shape index (κ2) is 7.13. The van der Waals surface area contributed by atoms with Crippen LogP contribution in [0.3, 0.4) is 0 Å². The SMILES string of the molecule is CC(C)C[C@H](O)C(=O)N[C@@H](CO)c1ccccc1. The van der Waals surface area contributed by atoms with Gasteiger partial charge in [0, 0.05) is 0 Å². The van der Waals surface area contributed by atoms with Gasteiger partial charge in [-0.25, -0.2) is 0 Å². The van der Waals surface area contributed by atoms with E-state index >= 15 is 0 Å². The summed E-state index contributed by atoms with van der Waals surface area (Å²) in [6.45, 7) is 3.69. The van der Waals surface area contributed by atoms with Gasteiger partial charge in [-0.1, -0.05) is 44.2 Å². The van der Waals surface area contributed by atoms with E-state index in [0.717, 1.165) is 5.56 Å². The van der Waals surface area contributed by atoms with E-state index in [2.05, 4.69) is 5.32 Å². The van der Waals surface area contributed by atoms with Gasteiger partial charge in [-0.3, -0.25) is 4.79 Å². The average molecular weight is 251 g/mol. The van der Waals surface area contributed by atoms with Crippen LogP contribution in [0.1, 0.15) is 31.9 Å². The van der Waals surface area contributed by atoms with Crippen molar-refractivity contribution in [3.8, 4) is 0 Å². The van der Waals surface area contributed by atoms with E-state index < -0.39 is 18.1 Å². The second-order valence-electron chi connectivity index (χ2n) is 4.80. The number of hydrogen-bond donors (Lipinski definition) is 3. The third kappa shape index (κ3) is 4.47. The number of amides is 1. The predicted octanol–water partition coefficient (Wildman–Crippen LogP) is 1.24. The molecule has 0 saturated carbocycles. The topological polar surface area (TPSA) is 69.6 Å². The molecule has 0 fully saturated rings. The molecule has 100 valence electrons. The van der Waals surface area contributed by atoms with Crippen LogP contribution < -0.4 is 5.32 Å². The molecule has 1 rings (SSSR count). The van der Waals surface area contributed by atoms with E-state index in [9.17, 15) is 15.0 Å². The van der Waals surface area contributed by atoms with Crippen LogP contribution in [0.15, 0.2) is 30.3 Å². The average Bonchev–Trinajstić information content (AvgIpc) is 2.35. The minimum Gasteiger partial charge on any atom is -0.394 e. The maximum Gasteiger partial charge on any atom is 0.249 e. The first-order valence-electron chi connectivity index (χ1n) is 6.18. The number of aliphatic hydroxyl groups excluding tert-OH is 2. The Morgan fingerprint density at radius 3 is 2.39 bits per heavy atom. The first kappa shape index (κ1) is 14.7. The molecule has 0 aliphatic heterocycles. The smallest absolute Gasteiger partial charge is 0.249 e. The van der Waals surface area contributed by atoms with Gasteiger partial charge >= 0.3 is 0 Å². The Morgan fingerprint density at radius 2 is 1.89 bits per heavy atom. The molecule has 0 aliphatic rings. The van der Waals surface area contributed by atoms with E-state index in [-0.39, 0.29) is 12.5 Å². The van der Waals surface area contributed by atoms with Gasteiger partial charge in [-0.15, -0.1) is 0 Å². The van der Waals surface area contributed by atoms with Crippen molar-refractivity contribution in [2.75, 3.05) is 6.61 Å². The first-order valence-corrected chi connectivity index (χ1v) is 6.18. The van der Waals surface area contributed by atoms with Crippen LogP contribution in [-0.4, -0.2) is 28.8 Å². The zero-order valence-electron chi connectivity index (χ0n) is 10.8. The Balaban J connectivity index is 2.61. The van der Waals surface area contributed by atoms with Crippen LogP contribution in [0.2, 0.25) is 0 Å². The molecule has 1 aromatic carbocycles. The predicted molar refractivity (Wildman–Crippen MR) is 69.9 cm³/mol. The summed E-state index contributed by atoms with van der Waals surface area (Å²) in [5, 5.41) is 21.6. The quantitative estimate of drug-likeness (QED) is 0.712. The molecule has 0 aliphatic carbocycles. The fraction of sp³-hybridized carbons (Fsp3) is 0.500. The van der Waals surface area contributed by atoms with Crippen molar-refractivity contribution >= 4 is 5.91 Å². The molecule has 0 unspecified atom stereocenters. The molecule has 18 heavy (non-hydrogen) atoms. The molecular weight excluding hydrogens is 230 g/mol. The maximum absolute atomic E-state index is 11.7. The number of nitrogens with one attached hydrogen (secondary N) is 1. The van der Waals surface area contributed by atoms with E-state index in [4.69, 9.17) is 0 Å². The van der Waals surface area contributed by atoms with Gasteiger partial charge in [-0.05, 0) is 17.9 Å². The summed E-state index contributed by atoms with van der Waals surface area (Å²) in [6.07, 6.45) is -0.610. The molecule has 0 bridgehead atoms. The van der Waals surface area contributed by atoms with Gasteiger partial charge in [0.05, 0.1) is 12.6 Å². The highest BCUT2D eigenvalue weighted by molar-refractivity contribution is 5.80. The summed E-state index contributed by atoms with van der Waals surface area (Å²) < 4.78 is 0. The fourth-order valence-electron chi connectivity index (χ4n) is 1.74. The highest BCUT2D eigenvalue weighted by Crippen LogP contribution is 2.13. The lowest BCUT2D eigenvalue weighted by molar-refractivity contribution is -0.131. The number of carbonyl (C=O) groups excluding carboxylic acids is 1. The van der Waals surface area contributed by atoms with Crippen molar-refractivity contribution in [3.63, 3.8) is 0 Å². The normalized spacial score (nSPS) is 14.3. The monoisotopic (exact) mass is 251 g/mol. The van der Waals surface area contributed by atoms with Crippen LogP contribution in [0.25, 0.3) is 0 Å². The molecule has 4 heteroatoms. The van der Waals surface area contributed by atoms with Crippen molar-refractivity contribution in [3.05, 3.63) is 35.9 Å². The van der Waals surface area contributed by atoms with Crippen LogP contribution in [0, 0.1) is 5.92 Å². The third-order valence-electron chi connectivity index (χ3n) is 2.70. The van der Waals surface area contributed by atoms with E-state index in [1.54, 1.807) is 0 Å². The first-order chi connectivity index (χ1) is 8.54. The van der Waals surface area contributed by atoms with Crippen LogP contribution in [0.5, 0.6) is 0 Å². The molecular formula is C14H21NO3. The Kier molecular flexibility index (Phi) is 5.82. The van der Waals surface area contributed by atoms with E-state index in [0.29, 0.717) is 6.42 Å². The summed E-state index contributed by atoms with van der Waals surface area (Å²) in [5.74, 6) is -0.193. The maximum atomic E-state index is 11.7. The largest absolute Gasteiger partial charge is 0.394 e. The van der Waals surface area contributed by atoms with Gasteiger partial charge < -0.3 is 15.5 Å². The number of carbonyl (C=O) groups is 1. The second-order valence-corrected chi connectivity index (χ2v) is 4.80. The molecule has 1 aromatic rings. The summed E-state index contributed by atoms with van der Waals surface area (Å²) in [4.78, 5) is 11.7.